The average molecular weight is 584 g/mol. The van der Waals surface area contributed by atoms with E-state index < -0.39 is 22.6 Å². The van der Waals surface area contributed by atoms with Gasteiger partial charge in [0.15, 0.2) is 0 Å². The first-order valence-electron chi connectivity index (χ1n) is 14.9. The smallest absolute Gasteiger partial charge is 0.247 e. The lowest BCUT2D eigenvalue weighted by Crippen LogP contribution is -2.56. The Hall–Kier alpha value is -2.78. The van der Waals surface area contributed by atoms with Crippen molar-refractivity contribution in [1.29, 1.82) is 0 Å². The topological polar surface area (TPSA) is 90.4 Å². The molecule has 224 valence electrons. The number of unbranched alkanes of at least 4 members (excludes halogenated alkanes) is 2. The first-order chi connectivity index (χ1) is 19.7. The maximum atomic E-state index is 14.4. The number of carbonyl (C=O) groups excluding carboxylic acids is 3. The van der Waals surface area contributed by atoms with Gasteiger partial charge in [-0.1, -0.05) is 12.2 Å². The van der Waals surface area contributed by atoms with Crippen LogP contribution in [0.15, 0.2) is 49.6 Å². The van der Waals surface area contributed by atoms with Gasteiger partial charge >= 0.3 is 0 Å². The molecular weight excluding hydrogens is 538 g/mol. The maximum Gasteiger partial charge on any atom is 0.247 e. The van der Waals surface area contributed by atoms with Gasteiger partial charge in [-0.25, -0.2) is 0 Å². The number of hydrogen-bond acceptors (Lipinski definition) is 6. The molecule has 1 aromatic rings. The Morgan fingerprint density at radius 2 is 1.85 bits per heavy atom. The van der Waals surface area contributed by atoms with Crippen LogP contribution in [0.2, 0.25) is 0 Å². The van der Waals surface area contributed by atoms with Gasteiger partial charge in [0.25, 0.3) is 0 Å². The number of likely N-dealkylation sites (tertiary alicyclic amines) is 1. The standard InChI is InChI=1S/C32H45N3O5S/c1-6-18-33(22(4)5)31(39)28-32-17-16-25(41-32)26(27(32)30(38)35(28)20-10-9-11-21-36)29(37)34(19-7-2)23-12-14-24(15-13-23)40-8-3/h6-7,12-15,22,25-28,36H,1-2,8-11,16-21H2,3-5H3/t25-,26+,27-,28?,32?/m0/s1. The molecule has 3 fully saturated rings. The number of nitrogens with zero attached hydrogens (tertiary/aromatic N) is 3. The number of aliphatic hydroxyl groups excluding tert-OH is 1. The second-order valence-corrected chi connectivity index (χ2v) is 13.0. The van der Waals surface area contributed by atoms with E-state index >= 15 is 0 Å². The lowest BCUT2D eigenvalue weighted by Gasteiger charge is -2.38. The van der Waals surface area contributed by atoms with E-state index in [1.54, 1.807) is 38.6 Å². The number of thioether (sulfide) groups is 1. The van der Waals surface area contributed by atoms with Crippen LogP contribution in [0.25, 0.3) is 0 Å². The highest BCUT2D eigenvalue weighted by molar-refractivity contribution is 8.02. The lowest BCUT2D eigenvalue weighted by molar-refractivity contribution is -0.143. The Balaban J connectivity index is 1.70. The van der Waals surface area contributed by atoms with E-state index in [0.717, 1.165) is 30.7 Å². The zero-order chi connectivity index (χ0) is 29.7. The van der Waals surface area contributed by atoms with Gasteiger partial charge in [0.2, 0.25) is 17.7 Å². The van der Waals surface area contributed by atoms with Crippen molar-refractivity contribution in [3.8, 4) is 5.75 Å². The van der Waals surface area contributed by atoms with Crippen LogP contribution >= 0.6 is 11.8 Å². The van der Waals surface area contributed by atoms with E-state index in [-0.39, 0.29) is 35.6 Å². The zero-order valence-corrected chi connectivity index (χ0v) is 25.5. The summed E-state index contributed by atoms with van der Waals surface area (Å²) in [7, 11) is 0. The Bertz CT molecular complexity index is 1120. The summed E-state index contributed by atoms with van der Waals surface area (Å²) in [5.74, 6) is -0.584. The molecule has 3 aliphatic heterocycles. The van der Waals surface area contributed by atoms with Crippen LogP contribution in [0.1, 0.15) is 52.9 Å². The molecule has 3 saturated heterocycles. The minimum Gasteiger partial charge on any atom is -0.494 e. The van der Waals surface area contributed by atoms with E-state index in [1.165, 1.54) is 0 Å². The molecule has 5 atom stereocenters. The number of ether oxygens (including phenoxy) is 1. The first-order valence-corrected chi connectivity index (χ1v) is 15.8. The summed E-state index contributed by atoms with van der Waals surface area (Å²) in [4.78, 5) is 48.3. The molecule has 0 aliphatic carbocycles. The third-order valence-corrected chi connectivity index (χ3v) is 10.6. The number of benzene rings is 1. The molecule has 4 rings (SSSR count). The highest BCUT2D eigenvalue weighted by atomic mass is 32.2. The summed E-state index contributed by atoms with van der Waals surface area (Å²) in [6.45, 7) is 15.4. The van der Waals surface area contributed by atoms with Crippen molar-refractivity contribution in [2.45, 2.75) is 75.0 Å². The Kier molecular flexibility index (Phi) is 10.2. The molecular formula is C32H45N3O5S. The second-order valence-electron chi connectivity index (χ2n) is 11.4. The Morgan fingerprint density at radius 3 is 2.46 bits per heavy atom. The molecule has 0 saturated carbocycles. The number of hydrogen-bond donors (Lipinski definition) is 1. The third-order valence-electron chi connectivity index (χ3n) is 8.65. The van der Waals surface area contributed by atoms with Gasteiger partial charge in [-0.05, 0) is 77.1 Å². The van der Waals surface area contributed by atoms with Crippen LogP contribution in [-0.4, -0.2) is 87.6 Å². The number of aliphatic hydroxyl groups is 1. The SMILES string of the molecule is C=CCN(C(=O)[C@@H]1[C@@H]2CCC3(S2)C(C(=O)N(CC=C)C(C)C)N(CCCCCO)C(=O)[C@H]13)c1ccc(OCC)cc1. The van der Waals surface area contributed by atoms with Crippen molar-refractivity contribution >= 4 is 35.2 Å². The molecule has 41 heavy (non-hydrogen) atoms. The van der Waals surface area contributed by atoms with E-state index in [1.807, 2.05) is 45.0 Å². The van der Waals surface area contributed by atoms with Crippen LogP contribution in [0.3, 0.4) is 0 Å². The fourth-order valence-corrected chi connectivity index (χ4v) is 9.10. The number of fused-ring (bicyclic) bond motifs is 1. The third kappa shape index (κ3) is 5.80. The van der Waals surface area contributed by atoms with E-state index in [4.69, 9.17) is 4.74 Å². The minimum atomic E-state index is -0.636. The van der Waals surface area contributed by atoms with E-state index in [9.17, 15) is 19.5 Å². The van der Waals surface area contributed by atoms with Gasteiger partial charge in [0, 0.05) is 43.2 Å². The summed E-state index contributed by atoms with van der Waals surface area (Å²) in [5, 5.41) is 9.25. The maximum absolute atomic E-state index is 14.4. The summed E-state index contributed by atoms with van der Waals surface area (Å²) in [5.41, 5.74) is 0.732. The predicted molar refractivity (Wildman–Crippen MR) is 164 cm³/mol. The summed E-state index contributed by atoms with van der Waals surface area (Å²) >= 11 is 1.69. The van der Waals surface area contributed by atoms with Gasteiger partial charge in [-0.15, -0.1) is 24.9 Å². The van der Waals surface area contributed by atoms with E-state index in [2.05, 4.69) is 13.2 Å². The first kappa shape index (κ1) is 31.2. The molecule has 0 radical (unpaired) electrons. The molecule has 1 N–H and O–H groups in total. The molecule has 3 heterocycles. The molecule has 0 aromatic heterocycles. The largest absolute Gasteiger partial charge is 0.494 e. The van der Waals surface area contributed by atoms with Gasteiger partial charge in [-0.3, -0.25) is 14.4 Å². The lowest BCUT2D eigenvalue weighted by atomic mass is 9.70. The van der Waals surface area contributed by atoms with Crippen LogP contribution in [0, 0.1) is 11.8 Å². The zero-order valence-electron chi connectivity index (χ0n) is 24.7. The van der Waals surface area contributed by atoms with Gasteiger partial charge < -0.3 is 24.5 Å². The van der Waals surface area contributed by atoms with Gasteiger partial charge in [-0.2, -0.15) is 0 Å². The molecule has 2 bridgehead atoms. The van der Waals surface area contributed by atoms with Crippen molar-refractivity contribution in [1.82, 2.24) is 9.80 Å². The van der Waals surface area contributed by atoms with Crippen LogP contribution in [0.5, 0.6) is 5.75 Å². The quantitative estimate of drug-likeness (QED) is 0.245. The van der Waals surface area contributed by atoms with Crippen molar-refractivity contribution in [3.05, 3.63) is 49.6 Å². The molecule has 3 aliphatic rings. The van der Waals surface area contributed by atoms with Crippen molar-refractivity contribution in [3.63, 3.8) is 0 Å². The number of amides is 3. The van der Waals surface area contributed by atoms with Gasteiger partial charge in [0.05, 0.1) is 23.2 Å². The Labute approximate surface area is 248 Å². The van der Waals surface area contributed by atoms with Crippen molar-refractivity contribution in [2.24, 2.45) is 11.8 Å². The Morgan fingerprint density at radius 1 is 1.15 bits per heavy atom. The monoisotopic (exact) mass is 583 g/mol. The van der Waals surface area contributed by atoms with E-state index in [0.29, 0.717) is 39.1 Å². The number of rotatable bonds is 15. The minimum absolute atomic E-state index is 0.0230. The molecule has 3 amide bonds. The normalized spacial score (nSPS) is 26.3. The van der Waals surface area contributed by atoms with Crippen molar-refractivity contribution in [2.75, 3.05) is 37.7 Å². The number of anilines is 1. The fourth-order valence-electron chi connectivity index (χ4n) is 6.90. The molecule has 2 unspecified atom stereocenters. The highest BCUT2D eigenvalue weighted by Crippen LogP contribution is 2.66. The molecule has 1 spiro atoms. The highest BCUT2D eigenvalue weighted by Gasteiger charge is 2.74. The number of carbonyl (C=O) groups is 3. The van der Waals surface area contributed by atoms with Crippen LogP contribution in [0.4, 0.5) is 5.69 Å². The molecule has 8 nitrogen and oxygen atoms in total. The van der Waals surface area contributed by atoms with Crippen molar-refractivity contribution < 1.29 is 24.2 Å². The van der Waals surface area contributed by atoms with Crippen LogP contribution < -0.4 is 9.64 Å². The average Bonchev–Trinajstić information content (AvgIpc) is 3.60. The molecule has 1 aromatic carbocycles. The van der Waals surface area contributed by atoms with Crippen LogP contribution in [-0.2, 0) is 14.4 Å². The summed E-state index contributed by atoms with van der Waals surface area (Å²) < 4.78 is 4.95. The summed E-state index contributed by atoms with van der Waals surface area (Å²) in [6.07, 6.45) is 7.08. The van der Waals surface area contributed by atoms with Gasteiger partial charge in [0.1, 0.15) is 11.8 Å². The second kappa shape index (κ2) is 13.5. The predicted octanol–water partition coefficient (Wildman–Crippen LogP) is 4.28. The summed E-state index contributed by atoms with van der Waals surface area (Å²) in [6, 6.07) is 6.77. The fraction of sp³-hybridized carbons (Fsp3) is 0.594. The molecule has 9 heteroatoms.